The molecule has 0 bridgehead atoms. The SMILES string of the molecule is C/C(=C\C(=O)c1cccc(F)c1)N1CCN(c2ccc(F)cc2)CC1. The molecule has 1 heterocycles. The number of rotatable bonds is 4. The van der Waals surface area contributed by atoms with Crippen molar-refractivity contribution in [3.05, 3.63) is 77.5 Å². The van der Waals surface area contributed by atoms with Crippen LogP contribution in [0.15, 0.2) is 60.3 Å². The van der Waals surface area contributed by atoms with Crippen molar-refractivity contribution in [1.82, 2.24) is 4.90 Å². The van der Waals surface area contributed by atoms with E-state index in [0.29, 0.717) is 5.56 Å². The van der Waals surface area contributed by atoms with Gasteiger partial charge in [-0.2, -0.15) is 0 Å². The summed E-state index contributed by atoms with van der Waals surface area (Å²) in [6, 6.07) is 12.2. The summed E-state index contributed by atoms with van der Waals surface area (Å²) in [5.41, 5.74) is 2.22. The van der Waals surface area contributed by atoms with E-state index in [4.69, 9.17) is 0 Å². The first-order valence-corrected chi connectivity index (χ1v) is 8.26. The van der Waals surface area contributed by atoms with Gasteiger partial charge in [0.1, 0.15) is 11.6 Å². The molecule has 0 aliphatic carbocycles. The number of carbonyl (C=O) groups is 1. The van der Waals surface area contributed by atoms with Crippen LogP contribution in [0.2, 0.25) is 0 Å². The molecule has 0 aromatic heterocycles. The summed E-state index contributed by atoms with van der Waals surface area (Å²) < 4.78 is 26.3. The Bertz CT molecular complexity index is 779. The predicted molar refractivity (Wildman–Crippen MR) is 94.7 cm³/mol. The second-order valence-electron chi connectivity index (χ2n) is 6.11. The summed E-state index contributed by atoms with van der Waals surface area (Å²) in [5, 5.41) is 0. The van der Waals surface area contributed by atoms with Crippen molar-refractivity contribution in [3.8, 4) is 0 Å². The van der Waals surface area contributed by atoms with Gasteiger partial charge >= 0.3 is 0 Å². The third-order valence-corrected chi connectivity index (χ3v) is 4.42. The third-order valence-electron chi connectivity index (χ3n) is 4.42. The maximum Gasteiger partial charge on any atom is 0.187 e. The van der Waals surface area contributed by atoms with Crippen LogP contribution in [-0.4, -0.2) is 36.9 Å². The Morgan fingerprint density at radius 3 is 2.28 bits per heavy atom. The molecular weight excluding hydrogens is 322 g/mol. The molecule has 3 rings (SSSR count). The fourth-order valence-corrected chi connectivity index (χ4v) is 2.98. The van der Waals surface area contributed by atoms with Crippen LogP contribution in [0.1, 0.15) is 17.3 Å². The molecule has 0 unspecified atom stereocenters. The highest BCUT2D eigenvalue weighted by atomic mass is 19.1. The quantitative estimate of drug-likeness (QED) is 0.622. The lowest BCUT2D eigenvalue weighted by molar-refractivity contribution is 0.104. The van der Waals surface area contributed by atoms with Gasteiger partial charge in [0.25, 0.3) is 0 Å². The Balaban J connectivity index is 1.62. The number of piperazine rings is 1. The first-order chi connectivity index (χ1) is 12.0. The van der Waals surface area contributed by atoms with Gasteiger partial charge in [-0.1, -0.05) is 12.1 Å². The van der Waals surface area contributed by atoms with Gasteiger partial charge in [0, 0.05) is 49.2 Å². The lowest BCUT2D eigenvalue weighted by Crippen LogP contribution is -2.45. The fourth-order valence-electron chi connectivity index (χ4n) is 2.98. The standard InChI is InChI=1S/C20H20F2N2O/c1-15(13-20(25)16-3-2-4-18(22)14-16)23-9-11-24(12-10-23)19-7-5-17(21)6-8-19/h2-8,13-14H,9-12H2,1H3/b15-13+. The van der Waals surface area contributed by atoms with Gasteiger partial charge in [-0.3, -0.25) is 4.79 Å². The fraction of sp³-hybridized carbons (Fsp3) is 0.250. The normalized spacial score (nSPS) is 15.4. The Morgan fingerprint density at radius 1 is 0.960 bits per heavy atom. The van der Waals surface area contributed by atoms with E-state index in [9.17, 15) is 13.6 Å². The molecule has 1 aliphatic heterocycles. The van der Waals surface area contributed by atoms with Crippen LogP contribution in [0.3, 0.4) is 0 Å². The first kappa shape index (κ1) is 17.1. The largest absolute Gasteiger partial charge is 0.371 e. The van der Waals surface area contributed by atoms with E-state index in [1.165, 1.54) is 30.3 Å². The molecule has 3 nitrogen and oxygen atoms in total. The second kappa shape index (κ2) is 7.47. The van der Waals surface area contributed by atoms with Gasteiger partial charge in [-0.05, 0) is 43.3 Å². The number of allylic oxidation sites excluding steroid dienone is 2. The maximum absolute atomic E-state index is 13.2. The molecule has 5 heteroatoms. The number of anilines is 1. The monoisotopic (exact) mass is 342 g/mol. The van der Waals surface area contributed by atoms with Gasteiger partial charge in [-0.25, -0.2) is 8.78 Å². The Morgan fingerprint density at radius 2 is 1.64 bits per heavy atom. The molecule has 25 heavy (non-hydrogen) atoms. The van der Waals surface area contributed by atoms with E-state index < -0.39 is 5.82 Å². The molecular formula is C20H20F2N2O. The summed E-state index contributed by atoms with van der Waals surface area (Å²) in [6.45, 7) is 5.03. The van der Waals surface area contributed by atoms with E-state index >= 15 is 0 Å². The summed E-state index contributed by atoms with van der Waals surface area (Å²) in [7, 11) is 0. The van der Waals surface area contributed by atoms with Crippen molar-refractivity contribution in [2.75, 3.05) is 31.1 Å². The molecule has 2 aromatic carbocycles. The molecule has 0 amide bonds. The highest BCUT2D eigenvalue weighted by molar-refractivity contribution is 6.04. The van der Waals surface area contributed by atoms with Gasteiger partial charge in [0.2, 0.25) is 0 Å². The van der Waals surface area contributed by atoms with Crippen molar-refractivity contribution in [3.63, 3.8) is 0 Å². The molecule has 0 saturated carbocycles. The van der Waals surface area contributed by atoms with Crippen LogP contribution in [0.5, 0.6) is 0 Å². The van der Waals surface area contributed by atoms with Crippen molar-refractivity contribution in [1.29, 1.82) is 0 Å². The highest BCUT2D eigenvalue weighted by Gasteiger charge is 2.18. The lowest BCUT2D eigenvalue weighted by Gasteiger charge is -2.37. The number of ketones is 1. The van der Waals surface area contributed by atoms with E-state index in [2.05, 4.69) is 9.80 Å². The smallest absolute Gasteiger partial charge is 0.187 e. The highest BCUT2D eigenvalue weighted by Crippen LogP contribution is 2.19. The number of halogens is 2. The summed E-state index contributed by atoms with van der Waals surface area (Å²) >= 11 is 0. The summed E-state index contributed by atoms with van der Waals surface area (Å²) in [6.07, 6.45) is 1.56. The average Bonchev–Trinajstić information content (AvgIpc) is 2.62. The molecule has 0 radical (unpaired) electrons. The molecule has 130 valence electrons. The van der Waals surface area contributed by atoms with E-state index in [1.54, 1.807) is 24.3 Å². The van der Waals surface area contributed by atoms with Crippen LogP contribution in [0.25, 0.3) is 0 Å². The Labute approximate surface area is 146 Å². The van der Waals surface area contributed by atoms with E-state index in [1.807, 2.05) is 6.92 Å². The molecule has 0 N–H and O–H groups in total. The minimum atomic E-state index is -0.412. The van der Waals surface area contributed by atoms with Crippen LogP contribution in [-0.2, 0) is 0 Å². The Hall–Kier alpha value is -2.69. The zero-order valence-electron chi connectivity index (χ0n) is 14.1. The van der Waals surface area contributed by atoms with Crippen molar-refractivity contribution < 1.29 is 13.6 Å². The number of carbonyl (C=O) groups excluding carboxylic acids is 1. The number of benzene rings is 2. The minimum absolute atomic E-state index is 0.196. The molecule has 2 aromatic rings. The second-order valence-corrected chi connectivity index (χ2v) is 6.11. The van der Waals surface area contributed by atoms with Crippen molar-refractivity contribution >= 4 is 11.5 Å². The zero-order chi connectivity index (χ0) is 17.8. The van der Waals surface area contributed by atoms with Gasteiger partial charge < -0.3 is 9.80 Å². The van der Waals surface area contributed by atoms with Crippen molar-refractivity contribution in [2.24, 2.45) is 0 Å². The zero-order valence-corrected chi connectivity index (χ0v) is 14.1. The van der Waals surface area contributed by atoms with Crippen molar-refractivity contribution in [2.45, 2.75) is 6.92 Å². The molecule has 1 aliphatic rings. The topological polar surface area (TPSA) is 23.6 Å². The summed E-state index contributed by atoms with van der Waals surface area (Å²) in [5.74, 6) is -0.847. The third kappa shape index (κ3) is 4.24. The number of nitrogens with zero attached hydrogens (tertiary/aromatic N) is 2. The molecule has 1 fully saturated rings. The van der Waals surface area contributed by atoms with E-state index in [-0.39, 0.29) is 11.6 Å². The van der Waals surface area contributed by atoms with Crippen LogP contribution in [0, 0.1) is 11.6 Å². The van der Waals surface area contributed by atoms with Gasteiger partial charge in [0.05, 0.1) is 0 Å². The predicted octanol–water partition coefficient (Wildman–Crippen LogP) is 3.87. The lowest BCUT2D eigenvalue weighted by atomic mass is 10.1. The molecule has 0 spiro atoms. The number of hydrogen-bond acceptors (Lipinski definition) is 3. The van der Waals surface area contributed by atoms with Gasteiger partial charge in [0.15, 0.2) is 5.78 Å². The van der Waals surface area contributed by atoms with Gasteiger partial charge in [-0.15, -0.1) is 0 Å². The van der Waals surface area contributed by atoms with Crippen LogP contribution in [0.4, 0.5) is 14.5 Å². The average molecular weight is 342 g/mol. The first-order valence-electron chi connectivity index (χ1n) is 8.26. The minimum Gasteiger partial charge on any atom is -0.371 e. The molecule has 1 saturated heterocycles. The van der Waals surface area contributed by atoms with E-state index in [0.717, 1.165) is 37.6 Å². The van der Waals surface area contributed by atoms with Crippen LogP contribution >= 0.6 is 0 Å². The Kier molecular flexibility index (Phi) is 5.12. The van der Waals surface area contributed by atoms with Crippen LogP contribution < -0.4 is 4.90 Å². The summed E-state index contributed by atoms with van der Waals surface area (Å²) in [4.78, 5) is 16.6. The molecule has 0 atom stereocenters. The number of hydrogen-bond donors (Lipinski definition) is 0. The maximum atomic E-state index is 13.2.